The van der Waals surface area contributed by atoms with Crippen molar-refractivity contribution >= 4 is 17.7 Å². The molecule has 0 bridgehead atoms. The van der Waals surface area contributed by atoms with Crippen LogP contribution in [0.15, 0.2) is 54.6 Å². The number of carbonyl (C=O) groups excluding carboxylic acids is 1. The van der Waals surface area contributed by atoms with Gasteiger partial charge in [0.05, 0.1) is 6.10 Å². The van der Waals surface area contributed by atoms with E-state index >= 15 is 0 Å². The van der Waals surface area contributed by atoms with Crippen LogP contribution in [-0.2, 0) is 5.75 Å². The first-order chi connectivity index (χ1) is 10.2. The highest BCUT2D eigenvalue weighted by molar-refractivity contribution is 7.97. The Kier molecular flexibility index (Phi) is 5.84. The second-order valence-electron chi connectivity index (χ2n) is 4.77. The quantitative estimate of drug-likeness (QED) is 0.862. The molecular formula is C17H19NO2S. The molecule has 2 rings (SSSR count). The van der Waals surface area contributed by atoms with Crippen LogP contribution in [0.4, 0.5) is 0 Å². The normalized spacial score (nSPS) is 11.9. The Morgan fingerprint density at radius 1 is 1.19 bits per heavy atom. The van der Waals surface area contributed by atoms with E-state index < -0.39 is 6.10 Å². The van der Waals surface area contributed by atoms with Gasteiger partial charge >= 0.3 is 0 Å². The smallest absolute Gasteiger partial charge is 0.251 e. The van der Waals surface area contributed by atoms with E-state index in [4.69, 9.17) is 0 Å². The van der Waals surface area contributed by atoms with Crippen molar-refractivity contribution in [3.05, 3.63) is 71.3 Å². The fourth-order valence-corrected chi connectivity index (χ4v) is 2.57. The number of aliphatic hydroxyl groups excluding tert-OH is 1. The Balaban J connectivity index is 1.94. The van der Waals surface area contributed by atoms with Gasteiger partial charge in [0.2, 0.25) is 0 Å². The van der Waals surface area contributed by atoms with Crippen molar-refractivity contribution in [3.8, 4) is 0 Å². The summed E-state index contributed by atoms with van der Waals surface area (Å²) in [6, 6.07) is 16.9. The highest BCUT2D eigenvalue weighted by Crippen LogP contribution is 2.13. The lowest BCUT2D eigenvalue weighted by Crippen LogP contribution is -2.28. The van der Waals surface area contributed by atoms with Gasteiger partial charge in [0, 0.05) is 17.9 Å². The summed E-state index contributed by atoms with van der Waals surface area (Å²) in [7, 11) is 0. The van der Waals surface area contributed by atoms with Crippen LogP contribution in [0.3, 0.4) is 0 Å². The number of amides is 1. The number of benzene rings is 2. The standard InChI is InChI=1S/C17H19NO2S/c1-21-12-13-6-5-9-15(10-13)17(20)18-11-16(19)14-7-3-2-4-8-14/h2-10,16,19H,11-12H2,1H3,(H,18,20). The fraction of sp³-hybridized carbons (Fsp3) is 0.235. The van der Waals surface area contributed by atoms with E-state index in [1.165, 1.54) is 0 Å². The SMILES string of the molecule is CSCc1cccc(C(=O)NCC(O)c2ccccc2)c1. The number of aliphatic hydroxyl groups is 1. The Labute approximate surface area is 129 Å². The molecule has 2 aromatic carbocycles. The largest absolute Gasteiger partial charge is 0.387 e. The third-order valence-corrected chi connectivity index (χ3v) is 3.76. The lowest BCUT2D eigenvalue weighted by Gasteiger charge is -2.12. The topological polar surface area (TPSA) is 49.3 Å². The fourth-order valence-electron chi connectivity index (χ4n) is 2.05. The summed E-state index contributed by atoms with van der Waals surface area (Å²) in [4.78, 5) is 12.1. The summed E-state index contributed by atoms with van der Waals surface area (Å²) in [5.41, 5.74) is 2.55. The van der Waals surface area contributed by atoms with Crippen LogP contribution in [-0.4, -0.2) is 23.8 Å². The molecule has 0 aliphatic rings. The zero-order valence-corrected chi connectivity index (χ0v) is 12.8. The molecule has 4 heteroatoms. The van der Waals surface area contributed by atoms with Crippen LogP contribution >= 0.6 is 11.8 Å². The van der Waals surface area contributed by atoms with Crippen molar-refractivity contribution in [2.75, 3.05) is 12.8 Å². The molecule has 2 N–H and O–H groups in total. The van der Waals surface area contributed by atoms with Crippen molar-refractivity contribution in [1.82, 2.24) is 5.32 Å². The van der Waals surface area contributed by atoms with Crippen molar-refractivity contribution in [3.63, 3.8) is 0 Å². The van der Waals surface area contributed by atoms with Gasteiger partial charge in [-0.15, -0.1) is 0 Å². The number of hydrogen-bond donors (Lipinski definition) is 2. The van der Waals surface area contributed by atoms with E-state index in [9.17, 15) is 9.90 Å². The van der Waals surface area contributed by atoms with E-state index in [0.29, 0.717) is 5.56 Å². The molecule has 0 radical (unpaired) electrons. The highest BCUT2D eigenvalue weighted by Gasteiger charge is 2.10. The van der Waals surface area contributed by atoms with Crippen molar-refractivity contribution < 1.29 is 9.90 Å². The van der Waals surface area contributed by atoms with E-state index in [1.54, 1.807) is 17.8 Å². The van der Waals surface area contributed by atoms with Crippen molar-refractivity contribution in [2.24, 2.45) is 0 Å². The van der Waals surface area contributed by atoms with Gasteiger partial charge in [-0.3, -0.25) is 4.79 Å². The lowest BCUT2D eigenvalue weighted by atomic mass is 10.1. The monoisotopic (exact) mass is 301 g/mol. The van der Waals surface area contributed by atoms with Gasteiger partial charge in [-0.2, -0.15) is 11.8 Å². The molecule has 2 aromatic rings. The van der Waals surface area contributed by atoms with Crippen LogP contribution in [0.5, 0.6) is 0 Å². The van der Waals surface area contributed by atoms with Gasteiger partial charge in [0.25, 0.3) is 5.91 Å². The predicted octanol–water partition coefficient (Wildman–Crippen LogP) is 3.01. The average molecular weight is 301 g/mol. The molecule has 0 aliphatic carbocycles. The summed E-state index contributed by atoms with van der Waals surface area (Å²) in [5, 5.41) is 12.8. The van der Waals surface area contributed by atoms with Gasteiger partial charge in [-0.05, 0) is 29.5 Å². The number of thioether (sulfide) groups is 1. The first-order valence-electron chi connectivity index (χ1n) is 6.80. The third kappa shape index (κ3) is 4.62. The maximum Gasteiger partial charge on any atom is 0.251 e. The molecule has 0 fully saturated rings. The highest BCUT2D eigenvalue weighted by atomic mass is 32.2. The maximum atomic E-state index is 12.1. The average Bonchev–Trinajstić information content (AvgIpc) is 2.53. The number of hydrogen-bond acceptors (Lipinski definition) is 3. The minimum Gasteiger partial charge on any atom is -0.387 e. The summed E-state index contributed by atoms with van der Waals surface area (Å²) >= 11 is 1.72. The molecule has 1 atom stereocenters. The molecule has 0 saturated heterocycles. The molecule has 110 valence electrons. The minimum absolute atomic E-state index is 0.159. The summed E-state index contributed by atoms with van der Waals surface area (Å²) in [5.74, 6) is 0.723. The van der Waals surface area contributed by atoms with Crippen LogP contribution in [0.2, 0.25) is 0 Å². The molecular weight excluding hydrogens is 282 g/mol. The zero-order valence-electron chi connectivity index (χ0n) is 12.0. The first kappa shape index (κ1) is 15.6. The molecule has 0 aromatic heterocycles. The van der Waals surface area contributed by atoms with Crippen molar-refractivity contribution in [1.29, 1.82) is 0 Å². The molecule has 1 unspecified atom stereocenters. The van der Waals surface area contributed by atoms with Gasteiger partial charge in [-0.25, -0.2) is 0 Å². The van der Waals surface area contributed by atoms with Crippen LogP contribution < -0.4 is 5.32 Å². The van der Waals surface area contributed by atoms with Crippen LogP contribution in [0, 0.1) is 0 Å². The predicted molar refractivity (Wildman–Crippen MR) is 87.4 cm³/mol. The third-order valence-electron chi connectivity index (χ3n) is 3.14. The van der Waals surface area contributed by atoms with Crippen molar-refractivity contribution in [2.45, 2.75) is 11.9 Å². The lowest BCUT2D eigenvalue weighted by molar-refractivity contribution is 0.0916. The summed E-state index contributed by atoms with van der Waals surface area (Å²) < 4.78 is 0. The van der Waals surface area contributed by atoms with Gasteiger partial charge in [0.15, 0.2) is 0 Å². The molecule has 0 spiro atoms. The number of rotatable bonds is 6. The molecule has 0 aliphatic heterocycles. The summed E-state index contributed by atoms with van der Waals surface area (Å²) in [6.45, 7) is 0.204. The Morgan fingerprint density at radius 2 is 1.95 bits per heavy atom. The van der Waals surface area contributed by atoms with Gasteiger partial charge in [-0.1, -0.05) is 42.5 Å². The maximum absolute atomic E-state index is 12.1. The Bertz CT molecular complexity index is 586. The zero-order chi connectivity index (χ0) is 15.1. The second-order valence-corrected chi connectivity index (χ2v) is 5.64. The van der Waals surface area contributed by atoms with E-state index in [2.05, 4.69) is 5.32 Å². The molecule has 3 nitrogen and oxygen atoms in total. The first-order valence-corrected chi connectivity index (χ1v) is 8.19. The molecule has 0 saturated carbocycles. The van der Waals surface area contributed by atoms with E-state index in [-0.39, 0.29) is 12.5 Å². The van der Waals surface area contributed by atoms with Gasteiger partial charge < -0.3 is 10.4 Å². The summed E-state index contributed by atoms with van der Waals surface area (Å²) in [6.07, 6.45) is 1.34. The molecule has 1 amide bonds. The number of nitrogens with one attached hydrogen (secondary N) is 1. The Hall–Kier alpha value is -1.78. The molecule has 0 heterocycles. The van der Waals surface area contributed by atoms with Crippen LogP contribution in [0.25, 0.3) is 0 Å². The van der Waals surface area contributed by atoms with E-state index in [0.717, 1.165) is 16.9 Å². The Morgan fingerprint density at radius 3 is 2.67 bits per heavy atom. The number of carbonyl (C=O) groups is 1. The van der Waals surface area contributed by atoms with Gasteiger partial charge in [0.1, 0.15) is 0 Å². The van der Waals surface area contributed by atoms with E-state index in [1.807, 2.05) is 54.8 Å². The van der Waals surface area contributed by atoms with Crippen LogP contribution in [0.1, 0.15) is 27.6 Å². The molecule has 21 heavy (non-hydrogen) atoms. The minimum atomic E-state index is -0.690. The second kappa shape index (κ2) is 7.86.